The molecule has 0 bridgehead atoms. The van der Waals surface area contributed by atoms with E-state index in [0.717, 1.165) is 18.6 Å². The van der Waals surface area contributed by atoms with Crippen LogP contribution in [0.4, 0.5) is 0 Å². The molecule has 0 heterocycles. The standard InChI is InChI=1S/C27H53O5PS/c1-5-8-10-12-13-14-15-16-18-20-23-34-25(21-19-17-11-9-6-2)24(4)32-27(33-30,26(28)29)31-22-7-3/h24-25H,5-23H2,1-4H3,(H,28,29)/p+1. The van der Waals surface area contributed by atoms with Gasteiger partial charge in [0.15, 0.2) is 0 Å². The van der Waals surface area contributed by atoms with Crippen LogP contribution in [0.25, 0.3) is 0 Å². The van der Waals surface area contributed by atoms with Gasteiger partial charge in [-0.3, -0.25) is 4.74 Å². The molecule has 0 saturated carbocycles. The molecular weight excluding hydrogens is 467 g/mol. The second kappa shape index (κ2) is 23.3. The van der Waals surface area contributed by atoms with E-state index in [-0.39, 0.29) is 18.0 Å². The van der Waals surface area contributed by atoms with E-state index in [4.69, 9.17) is 9.47 Å². The Labute approximate surface area is 216 Å². The maximum Gasteiger partial charge on any atom is 0.472 e. The van der Waals surface area contributed by atoms with Gasteiger partial charge >= 0.3 is 20.0 Å². The van der Waals surface area contributed by atoms with Crippen molar-refractivity contribution in [2.45, 2.75) is 154 Å². The molecule has 0 spiro atoms. The molecule has 0 fully saturated rings. The number of carbonyl (C=O) groups is 1. The van der Waals surface area contributed by atoms with E-state index in [1.807, 2.05) is 25.6 Å². The Morgan fingerprint density at radius 3 is 1.79 bits per heavy atom. The predicted molar refractivity (Wildman–Crippen MR) is 148 cm³/mol. The van der Waals surface area contributed by atoms with E-state index in [1.54, 1.807) is 0 Å². The number of hydrogen-bond acceptors (Lipinski definition) is 5. The van der Waals surface area contributed by atoms with Crippen LogP contribution in [0.3, 0.4) is 0 Å². The normalized spacial score (nSPS) is 15.3. The fourth-order valence-corrected chi connectivity index (χ4v) is 5.87. The van der Waals surface area contributed by atoms with Crippen molar-refractivity contribution in [1.82, 2.24) is 0 Å². The molecule has 7 heteroatoms. The Balaban J connectivity index is 4.57. The van der Waals surface area contributed by atoms with Crippen molar-refractivity contribution in [2.24, 2.45) is 0 Å². The fraction of sp³-hybridized carbons (Fsp3) is 0.963. The Hall–Kier alpha value is -0.160. The number of carboxylic acid groups (broad SMARTS) is 1. The van der Waals surface area contributed by atoms with Gasteiger partial charge in [0, 0.05) is 5.25 Å². The van der Waals surface area contributed by atoms with Gasteiger partial charge in [-0.1, -0.05) is 115 Å². The number of carboxylic acids is 1. The largest absolute Gasteiger partial charge is 0.474 e. The van der Waals surface area contributed by atoms with Crippen LogP contribution >= 0.6 is 20.2 Å². The van der Waals surface area contributed by atoms with Gasteiger partial charge < -0.3 is 9.84 Å². The molecule has 4 unspecified atom stereocenters. The summed E-state index contributed by atoms with van der Waals surface area (Å²) in [5.74, 6) is -0.248. The Kier molecular flexibility index (Phi) is 23.1. The van der Waals surface area contributed by atoms with Crippen LogP contribution < -0.4 is 0 Å². The number of hydrogen-bond donors (Lipinski definition) is 1. The van der Waals surface area contributed by atoms with E-state index in [2.05, 4.69) is 13.8 Å². The Morgan fingerprint density at radius 1 is 0.824 bits per heavy atom. The first-order valence-corrected chi connectivity index (χ1v) is 16.0. The van der Waals surface area contributed by atoms with Gasteiger partial charge in [-0.2, -0.15) is 11.8 Å². The summed E-state index contributed by atoms with van der Waals surface area (Å²) in [6.45, 7) is 8.49. The first-order chi connectivity index (χ1) is 16.5. The van der Waals surface area contributed by atoms with Crippen LogP contribution in [0.1, 0.15) is 137 Å². The molecule has 0 saturated heterocycles. The van der Waals surface area contributed by atoms with Crippen molar-refractivity contribution in [1.29, 1.82) is 0 Å². The van der Waals surface area contributed by atoms with E-state index in [9.17, 15) is 14.5 Å². The highest BCUT2D eigenvalue weighted by atomic mass is 32.2. The smallest absolute Gasteiger partial charge is 0.472 e. The highest BCUT2D eigenvalue weighted by molar-refractivity contribution is 7.99. The van der Waals surface area contributed by atoms with Gasteiger partial charge in [0.25, 0.3) is 0 Å². The van der Waals surface area contributed by atoms with E-state index < -0.39 is 20.0 Å². The zero-order valence-corrected chi connectivity index (χ0v) is 24.4. The summed E-state index contributed by atoms with van der Waals surface area (Å²) in [6.07, 6.45) is 20.5. The number of thioether (sulfide) groups is 1. The molecule has 202 valence electrons. The highest BCUT2D eigenvalue weighted by Gasteiger charge is 2.53. The van der Waals surface area contributed by atoms with Crippen LogP contribution in [0.5, 0.6) is 0 Å². The topological polar surface area (TPSA) is 72.8 Å². The first-order valence-electron chi connectivity index (χ1n) is 14.0. The summed E-state index contributed by atoms with van der Waals surface area (Å²) in [5.41, 5.74) is -2.05. The number of aliphatic carboxylic acids is 1. The average Bonchev–Trinajstić information content (AvgIpc) is 2.83. The molecule has 0 aromatic heterocycles. The summed E-state index contributed by atoms with van der Waals surface area (Å²) >= 11 is 1.89. The molecule has 0 aromatic carbocycles. The summed E-state index contributed by atoms with van der Waals surface area (Å²) in [5, 5.41) is 9.86. The fourth-order valence-electron chi connectivity index (χ4n) is 4.05. The lowest BCUT2D eigenvalue weighted by atomic mass is 10.1. The molecule has 0 radical (unpaired) electrons. The lowest BCUT2D eigenvalue weighted by Crippen LogP contribution is -2.44. The van der Waals surface area contributed by atoms with Crippen molar-refractivity contribution >= 4 is 26.2 Å². The van der Waals surface area contributed by atoms with Gasteiger partial charge in [0.05, 0.1) is 12.7 Å². The van der Waals surface area contributed by atoms with E-state index in [1.165, 1.54) is 89.9 Å². The lowest BCUT2D eigenvalue weighted by Gasteiger charge is -2.28. The monoisotopic (exact) mass is 521 g/mol. The highest BCUT2D eigenvalue weighted by Crippen LogP contribution is 2.33. The quantitative estimate of drug-likeness (QED) is 0.0695. The van der Waals surface area contributed by atoms with Gasteiger partial charge in [-0.25, -0.2) is 4.79 Å². The van der Waals surface area contributed by atoms with E-state index in [0.29, 0.717) is 6.42 Å². The molecule has 5 nitrogen and oxygen atoms in total. The SMILES string of the molecule is CCCCCCCCCCCCSC(CCCCCCC)C(C)OC(OCCC)([PH+]=O)C(=O)O. The molecular formula is C27H54O5PS+. The van der Waals surface area contributed by atoms with Crippen LogP contribution in [0, 0.1) is 0 Å². The second-order valence-corrected chi connectivity index (χ2v) is 11.7. The van der Waals surface area contributed by atoms with Crippen LogP contribution in [0.15, 0.2) is 0 Å². The van der Waals surface area contributed by atoms with Crippen molar-refractivity contribution in [3.8, 4) is 0 Å². The Bertz CT molecular complexity index is 494. The van der Waals surface area contributed by atoms with Gasteiger partial charge in [0.1, 0.15) is 0 Å². The van der Waals surface area contributed by atoms with Crippen LogP contribution in [-0.4, -0.2) is 40.3 Å². The molecule has 0 aliphatic heterocycles. The van der Waals surface area contributed by atoms with Gasteiger partial charge in [-0.05, 0) is 31.9 Å². The zero-order valence-electron chi connectivity index (χ0n) is 22.6. The molecule has 1 N–H and O–H groups in total. The summed E-state index contributed by atoms with van der Waals surface area (Å²) in [7, 11) is -1.20. The zero-order chi connectivity index (χ0) is 25.5. The molecule has 0 aliphatic rings. The maximum atomic E-state index is 11.9. The third kappa shape index (κ3) is 16.5. The molecule has 0 amide bonds. The van der Waals surface area contributed by atoms with Gasteiger partial charge in [-0.15, -0.1) is 0 Å². The van der Waals surface area contributed by atoms with Crippen molar-refractivity contribution in [2.75, 3.05) is 12.4 Å². The Morgan fingerprint density at radius 2 is 1.32 bits per heavy atom. The molecule has 0 rings (SSSR count). The predicted octanol–water partition coefficient (Wildman–Crippen LogP) is 8.96. The van der Waals surface area contributed by atoms with E-state index >= 15 is 0 Å². The second-order valence-electron chi connectivity index (χ2n) is 9.49. The molecule has 0 aromatic rings. The average molecular weight is 522 g/mol. The molecule has 0 aliphatic carbocycles. The molecule has 4 atom stereocenters. The number of ether oxygens (including phenoxy) is 2. The maximum absolute atomic E-state index is 11.9. The van der Waals surface area contributed by atoms with Gasteiger partial charge in [0.2, 0.25) is 0 Å². The number of unbranched alkanes of at least 4 members (excludes halogenated alkanes) is 13. The first kappa shape index (κ1) is 33.8. The third-order valence-electron chi connectivity index (χ3n) is 6.22. The van der Waals surface area contributed by atoms with Crippen molar-refractivity contribution in [3.05, 3.63) is 0 Å². The summed E-state index contributed by atoms with van der Waals surface area (Å²) in [6, 6.07) is 0. The van der Waals surface area contributed by atoms with Crippen molar-refractivity contribution in [3.63, 3.8) is 0 Å². The minimum atomic E-state index is -2.05. The molecule has 34 heavy (non-hydrogen) atoms. The number of rotatable bonds is 26. The van der Waals surface area contributed by atoms with Crippen molar-refractivity contribution < 1.29 is 23.9 Å². The van der Waals surface area contributed by atoms with Crippen LogP contribution in [-0.2, 0) is 18.8 Å². The summed E-state index contributed by atoms with van der Waals surface area (Å²) < 4.78 is 23.2. The van der Waals surface area contributed by atoms with Crippen LogP contribution in [0.2, 0.25) is 0 Å². The minimum Gasteiger partial charge on any atom is -0.474 e. The third-order valence-corrected chi connectivity index (χ3v) is 8.54. The minimum absolute atomic E-state index is 0.181. The lowest BCUT2D eigenvalue weighted by molar-refractivity contribution is -0.217. The summed E-state index contributed by atoms with van der Waals surface area (Å²) in [4.78, 5) is 11.9.